The van der Waals surface area contributed by atoms with Gasteiger partial charge in [0.05, 0.1) is 0 Å². The van der Waals surface area contributed by atoms with Crippen LogP contribution < -0.4 is 5.32 Å². The van der Waals surface area contributed by atoms with Gasteiger partial charge in [0.2, 0.25) is 0 Å². The summed E-state index contributed by atoms with van der Waals surface area (Å²) < 4.78 is 0. The fraction of sp³-hybridized carbons (Fsp3) is 0.647. The Balaban J connectivity index is 2.69. The smallest absolute Gasteiger partial charge is 0.0135 e. The van der Waals surface area contributed by atoms with Crippen molar-refractivity contribution in [1.29, 1.82) is 0 Å². The minimum Gasteiger partial charge on any atom is -0.314 e. The molecule has 0 fully saturated rings. The molecular formula is C17H29N. The van der Waals surface area contributed by atoms with E-state index in [0.717, 1.165) is 25.3 Å². The minimum absolute atomic E-state index is 0.586. The van der Waals surface area contributed by atoms with Crippen LogP contribution in [0.25, 0.3) is 0 Å². The van der Waals surface area contributed by atoms with E-state index in [0.29, 0.717) is 12.0 Å². The quantitative estimate of drug-likeness (QED) is 0.766. The number of hydrogen-bond acceptors (Lipinski definition) is 1. The summed E-state index contributed by atoms with van der Waals surface area (Å²) in [6.07, 6.45) is 2.26. The Morgan fingerprint density at radius 2 is 1.50 bits per heavy atom. The zero-order valence-corrected chi connectivity index (χ0v) is 12.7. The van der Waals surface area contributed by atoms with E-state index >= 15 is 0 Å². The average Bonchev–Trinajstić information content (AvgIpc) is 2.38. The van der Waals surface area contributed by atoms with Crippen LogP contribution in [0.5, 0.6) is 0 Å². The summed E-state index contributed by atoms with van der Waals surface area (Å²) in [6, 6.07) is 9.69. The third-order valence-corrected chi connectivity index (χ3v) is 4.04. The second kappa shape index (κ2) is 7.58. The molecule has 0 amide bonds. The van der Waals surface area contributed by atoms with Crippen LogP contribution in [-0.2, 0) is 12.8 Å². The lowest BCUT2D eigenvalue weighted by Gasteiger charge is -2.28. The van der Waals surface area contributed by atoms with Crippen LogP contribution in [0.4, 0.5) is 0 Å². The Morgan fingerprint density at radius 3 is 1.94 bits per heavy atom. The molecule has 1 rings (SSSR count). The van der Waals surface area contributed by atoms with Gasteiger partial charge in [-0.1, -0.05) is 58.9 Å². The van der Waals surface area contributed by atoms with Gasteiger partial charge < -0.3 is 5.32 Å². The van der Waals surface area contributed by atoms with E-state index < -0.39 is 0 Å². The molecule has 2 atom stereocenters. The SMILES string of the molecule is CCNC(Cc1ccc(CC)cc1)C(C)C(C)C. The number of aryl methyl sites for hydroxylation is 1. The lowest BCUT2D eigenvalue weighted by Crippen LogP contribution is -2.38. The number of benzene rings is 1. The molecule has 1 nitrogen and oxygen atoms in total. The Bertz CT molecular complexity index is 326. The van der Waals surface area contributed by atoms with Crippen LogP contribution in [-0.4, -0.2) is 12.6 Å². The molecule has 18 heavy (non-hydrogen) atoms. The van der Waals surface area contributed by atoms with Crippen LogP contribution >= 0.6 is 0 Å². The van der Waals surface area contributed by atoms with Crippen molar-refractivity contribution >= 4 is 0 Å². The minimum atomic E-state index is 0.586. The van der Waals surface area contributed by atoms with Crippen LogP contribution in [0.3, 0.4) is 0 Å². The topological polar surface area (TPSA) is 12.0 Å². The summed E-state index contributed by atoms with van der Waals surface area (Å²) in [7, 11) is 0. The van der Waals surface area contributed by atoms with Gasteiger partial charge in [-0.25, -0.2) is 0 Å². The normalized spacial score (nSPS) is 14.8. The summed E-state index contributed by atoms with van der Waals surface area (Å²) >= 11 is 0. The second-order valence-electron chi connectivity index (χ2n) is 5.64. The maximum atomic E-state index is 3.64. The van der Waals surface area contributed by atoms with Gasteiger partial charge in [-0.15, -0.1) is 0 Å². The second-order valence-corrected chi connectivity index (χ2v) is 5.64. The third kappa shape index (κ3) is 4.45. The lowest BCUT2D eigenvalue weighted by molar-refractivity contribution is 0.300. The first-order valence-corrected chi connectivity index (χ1v) is 7.39. The van der Waals surface area contributed by atoms with Crippen molar-refractivity contribution in [3.05, 3.63) is 35.4 Å². The molecule has 0 aromatic heterocycles. The molecule has 102 valence electrons. The summed E-state index contributed by atoms with van der Waals surface area (Å²) in [5.41, 5.74) is 2.88. The highest BCUT2D eigenvalue weighted by Crippen LogP contribution is 2.18. The van der Waals surface area contributed by atoms with Gasteiger partial charge in [0, 0.05) is 6.04 Å². The van der Waals surface area contributed by atoms with Crippen molar-refractivity contribution in [3.8, 4) is 0 Å². The summed E-state index contributed by atoms with van der Waals surface area (Å²) in [5, 5.41) is 3.64. The zero-order chi connectivity index (χ0) is 13.5. The molecule has 1 heteroatoms. The van der Waals surface area contributed by atoms with Gasteiger partial charge in [-0.05, 0) is 42.3 Å². The van der Waals surface area contributed by atoms with Crippen molar-refractivity contribution in [3.63, 3.8) is 0 Å². The number of hydrogen-bond donors (Lipinski definition) is 1. The Kier molecular flexibility index (Phi) is 6.42. The summed E-state index contributed by atoms with van der Waals surface area (Å²) in [4.78, 5) is 0. The summed E-state index contributed by atoms with van der Waals surface area (Å²) in [5.74, 6) is 1.43. The van der Waals surface area contributed by atoms with Gasteiger partial charge in [0.15, 0.2) is 0 Å². The third-order valence-electron chi connectivity index (χ3n) is 4.04. The zero-order valence-electron chi connectivity index (χ0n) is 12.7. The fourth-order valence-electron chi connectivity index (χ4n) is 2.34. The molecule has 0 saturated heterocycles. The van der Waals surface area contributed by atoms with E-state index in [1.54, 1.807) is 0 Å². The monoisotopic (exact) mass is 247 g/mol. The van der Waals surface area contributed by atoms with Gasteiger partial charge in [-0.2, -0.15) is 0 Å². The van der Waals surface area contributed by atoms with Crippen molar-refractivity contribution in [2.45, 2.75) is 53.5 Å². The van der Waals surface area contributed by atoms with Crippen molar-refractivity contribution in [2.75, 3.05) is 6.54 Å². The van der Waals surface area contributed by atoms with E-state index in [-0.39, 0.29) is 0 Å². The van der Waals surface area contributed by atoms with Crippen molar-refractivity contribution in [2.24, 2.45) is 11.8 Å². The molecule has 1 N–H and O–H groups in total. The standard InChI is InChI=1S/C17H29N/c1-6-15-8-10-16(11-9-15)12-17(18-7-2)14(5)13(3)4/h8-11,13-14,17-18H,6-7,12H2,1-5H3. The first-order chi connectivity index (χ1) is 8.58. The molecule has 0 aliphatic carbocycles. The number of rotatable bonds is 7. The highest BCUT2D eigenvalue weighted by Gasteiger charge is 2.19. The first-order valence-electron chi connectivity index (χ1n) is 7.39. The van der Waals surface area contributed by atoms with E-state index in [1.807, 2.05) is 0 Å². The van der Waals surface area contributed by atoms with Gasteiger partial charge in [-0.3, -0.25) is 0 Å². The molecule has 0 bridgehead atoms. The predicted octanol–water partition coefficient (Wildman–Crippen LogP) is 4.06. The lowest BCUT2D eigenvalue weighted by atomic mass is 9.86. The molecule has 0 aliphatic heterocycles. The largest absolute Gasteiger partial charge is 0.314 e. The molecule has 0 radical (unpaired) electrons. The maximum Gasteiger partial charge on any atom is 0.0135 e. The Morgan fingerprint density at radius 1 is 0.944 bits per heavy atom. The van der Waals surface area contributed by atoms with Crippen LogP contribution in [0.1, 0.15) is 45.7 Å². The predicted molar refractivity (Wildman–Crippen MR) is 81.0 cm³/mol. The molecular weight excluding hydrogens is 218 g/mol. The highest BCUT2D eigenvalue weighted by atomic mass is 14.9. The first kappa shape index (κ1) is 15.2. The molecule has 1 aromatic rings. The van der Waals surface area contributed by atoms with E-state index in [1.165, 1.54) is 11.1 Å². The molecule has 0 saturated carbocycles. The molecule has 0 spiro atoms. The molecule has 0 aliphatic rings. The van der Waals surface area contributed by atoms with Crippen LogP contribution in [0.2, 0.25) is 0 Å². The molecule has 1 aromatic carbocycles. The molecule has 0 heterocycles. The number of likely N-dealkylation sites (N-methyl/N-ethyl adjacent to an activating group) is 1. The van der Waals surface area contributed by atoms with Crippen LogP contribution in [0, 0.1) is 11.8 Å². The average molecular weight is 247 g/mol. The van der Waals surface area contributed by atoms with Crippen molar-refractivity contribution < 1.29 is 0 Å². The maximum absolute atomic E-state index is 3.64. The Hall–Kier alpha value is -0.820. The van der Waals surface area contributed by atoms with E-state index in [4.69, 9.17) is 0 Å². The summed E-state index contributed by atoms with van der Waals surface area (Å²) in [6.45, 7) is 12.4. The highest BCUT2D eigenvalue weighted by molar-refractivity contribution is 5.23. The van der Waals surface area contributed by atoms with E-state index in [9.17, 15) is 0 Å². The van der Waals surface area contributed by atoms with Crippen LogP contribution in [0.15, 0.2) is 24.3 Å². The van der Waals surface area contributed by atoms with Gasteiger partial charge in [0.1, 0.15) is 0 Å². The van der Waals surface area contributed by atoms with E-state index in [2.05, 4.69) is 64.2 Å². The fourth-order valence-corrected chi connectivity index (χ4v) is 2.34. The molecule has 2 unspecified atom stereocenters. The van der Waals surface area contributed by atoms with Gasteiger partial charge in [0.25, 0.3) is 0 Å². The Labute approximate surface area is 113 Å². The van der Waals surface area contributed by atoms with Gasteiger partial charge >= 0.3 is 0 Å². The number of nitrogens with one attached hydrogen (secondary N) is 1. The van der Waals surface area contributed by atoms with Crippen molar-refractivity contribution in [1.82, 2.24) is 5.32 Å².